The molecule has 0 spiro atoms. The minimum Gasteiger partial charge on any atom is -0.355 e. The van der Waals surface area contributed by atoms with Crippen molar-refractivity contribution in [1.29, 1.82) is 0 Å². The highest BCUT2D eigenvalue weighted by molar-refractivity contribution is 5.78. The molecule has 1 heterocycles. The molecule has 130 valence electrons. The fourth-order valence-corrected chi connectivity index (χ4v) is 4.94. The van der Waals surface area contributed by atoms with Gasteiger partial charge in [0.1, 0.15) is 5.82 Å². The van der Waals surface area contributed by atoms with E-state index in [9.17, 15) is 9.18 Å². The van der Waals surface area contributed by atoms with Gasteiger partial charge in [-0.05, 0) is 54.7 Å². The molecule has 1 N–H and O–H groups in total. The summed E-state index contributed by atoms with van der Waals surface area (Å²) in [6.45, 7) is 4.01. The van der Waals surface area contributed by atoms with Crippen molar-refractivity contribution >= 4 is 5.91 Å². The lowest BCUT2D eigenvalue weighted by Gasteiger charge is -2.40. The van der Waals surface area contributed by atoms with Crippen LogP contribution in [0.1, 0.15) is 43.6 Å². The van der Waals surface area contributed by atoms with Crippen LogP contribution in [0, 0.1) is 23.6 Å². The molecule has 3 aliphatic rings. The molecule has 1 amide bonds. The summed E-state index contributed by atoms with van der Waals surface area (Å²) in [6, 6.07) is 7.04. The monoisotopic (exact) mass is 330 g/mol. The van der Waals surface area contributed by atoms with Gasteiger partial charge in [-0.15, -0.1) is 0 Å². The Kier molecular flexibility index (Phi) is 4.57. The molecule has 4 rings (SSSR count). The van der Waals surface area contributed by atoms with E-state index in [2.05, 4.69) is 10.2 Å². The fraction of sp³-hybridized carbons (Fsp3) is 0.650. The largest absolute Gasteiger partial charge is 0.355 e. The van der Waals surface area contributed by atoms with Gasteiger partial charge in [0, 0.05) is 32.1 Å². The second-order valence-electron chi connectivity index (χ2n) is 7.85. The standard InChI is InChI=1S/C20H27FN2O/c21-17-7-5-14(6-8-17)18-11-16-12-23(13-19(16)18)10-9-22-20(24)15-3-1-2-4-15/h5-8,15-16,18-19H,1-4,9-13H2,(H,22,24). The van der Waals surface area contributed by atoms with Crippen LogP contribution in [0.3, 0.4) is 0 Å². The third-order valence-electron chi connectivity index (χ3n) is 6.39. The Bertz CT molecular complexity index is 582. The molecule has 4 heteroatoms. The predicted molar refractivity (Wildman–Crippen MR) is 92.1 cm³/mol. The van der Waals surface area contributed by atoms with Crippen LogP contribution in [-0.2, 0) is 4.79 Å². The van der Waals surface area contributed by atoms with E-state index in [1.54, 1.807) is 12.1 Å². The van der Waals surface area contributed by atoms with Crippen molar-refractivity contribution in [2.24, 2.45) is 17.8 Å². The number of hydrogen-bond donors (Lipinski definition) is 1. The van der Waals surface area contributed by atoms with E-state index in [0.29, 0.717) is 11.8 Å². The van der Waals surface area contributed by atoms with Crippen LogP contribution in [0.4, 0.5) is 4.39 Å². The van der Waals surface area contributed by atoms with E-state index < -0.39 is 0 Å². The molecule has 24 heavy (non-hydrogen) atoms. The average molecular weight is 330 g/mol. The van der Waals surface area contributed by atoms with Crippen LogP contribution >= 0.6 is 0 Å². The number of amides is 1. The van der Waals surface area contributed by atoms with Gasteiger partial charge >= 0.3 is 0 Å². The summed E-state index contributed by atoms with van der Waals surface area (Å²) in [5, 5.41) is 3.13. The summed E-state index contributed by atoms with van der Waals surface area (Å²) in [5.41, 5.74) is 1.29. The normalized spacial score (nSPS) is 30.1. The van der Waals surface area contributed by atoms with Crippen molar-refractivity contribution in [1.82, 2.24) is 10.2 Å². The lowest BCUT2D eigenvalue weighted by Crippen LogP contribution is -2.36. The molecule has 1 aromatic rings. The van der Waals surface area contributed by atoms with Gasteiger partial charge in [-0.1, -0.05) is 25.0 Å². The van der Waals surface area contributed by atoms with E-state index in [1.165, 1.54) is 24.8 Å². The minimum atomic E-state index is -0.152. The molecule has 3 atom stereocenters. The number of benzene rings is 1. The Labute approximate surface area is 143 Å². The van der Waals surface area contributed by atoms with Crippen LogP contribution in [0.15, 0.2) is 24.3 Å². The number of rotatable bonds is 5. The van der Waals surface area contributed by atoms with E-state index >= 15 is 0 Å². The summed E-state index contributed by atoms with van der Waals surface area (Å²) in [6.07, 6.45) is 5.77. The van der Waals surface area contributed by atoms with Crippen LogP contribution < -0.4 is 5.32 Å². The highest BCUT2D eigenvalue weighted by Crippen LogP contribution is 2.51. The molecule has 0 bridgehead atoms. The highest BCUT2D eigenvalue weighted by Gasteiger charge is 2.47. The Morgan fingerprint density at radius 1 is 1.17 bits per heavy atom. The third-order valence-corrected chi connectivity index (χ3v) is 6.39. The van der Waals surface area contributed by atoms with Gasteiger partial charge in [-0.25, -0.2) is 4.39 Å². The van der Waals surface area contributed by atoms with Crippen LogP contribution in [0.5, 0.6) is 0 Å². The molecular weight excluding hydrogens is 303 g/mol. The molecule has 3 nitrogen and oxygen atoms in total. The predicted octanol–water partition coefficient (Wildman–Crippen LogP) is 3.17. The molecule has 0 aromatic heterocycles. The molecule has 1 saturated heterocycles. The lowest BCUT2D eigenvalue weighted by atomic mass is 9.64. The van der Waals surface area contributed by atoms with E-state index in [1.807, 2.05) is 12.1 Å². The number of likely N-dealkylation sites (tertiary alicyclic amines) is 1. The van der Waals surface area contributed by atoms with Gasteiger partial charge in [0.15, 0.2) is 0 Å². The van der Waals surface area contributed by atoms with E-state index in [4.69, 9.17) is 0 Å². The van der Waals surface area contributed by atoms with Crippen molar-refractivity contribution in [3.05, 3.63) is 35.6 Å². The quantitative estimate of drug-likeness (QED) is 0.899. The molecule has 1 aromatic carbocycles. The zero-order valence-corrected chi connectivity index (χ0v) is 14.2. The topological polar surface area (TPSA) is 32.3 Å². The Hall–Kier alpha value is -1.42. The maximum absolute atomic E-state index is 13.1. The first kappa shape index (κ1) is 16.1. The average Bonchev–Trinajstić information content (AvgIpc) is 3.20. The van der Waals surface area contributed by atoms with Gasteiger partial charge in [0.25, 0.3) is 0 Å². The molecule has 0 radical (unpaired) electrons. The Morgan fingerprint density at radius 3 is 2.67 bits per heavy atom. The van der Waals surface area contributed by atoms with Crippen molar-refractivity contribution in [3.8, 4) is 0 Å². The molecule has 1 aliphatic heterocycles. The number of carbonyl (C=O) groups is 1. The molecule has 2 saturated carbocycles. The van der Waals surface area contributed by atoms with Gasteiger partial charge < -0.3 is 10.2 Å². The van der Waals surface area contributed by atoms with Crippen molar-refractivity contribution < 1.29 is 9.18 Å². The number of nitrogens with one attached hydrogen (secondary N) is 1. The Morgan fingerprint density at radius 2 is 1.92 bits per heavy atom. The smallest absolute Gasteiger partial charge is 0.223 e. The summed E-state index contributed by atoms with van der Waals surface area (Å²) < 4.78 is 13.1. The fourth-order valence-electron chi connectivity index (χ4n) is 4.94. The van der Waals surface area contributed by atoms with Crippen molar-refractivity contribution in [3.63, 3.8) is 0 Å². The van der Waals surface area contributed by atoms with Gasteiger partial charge in [-0.3, -0.25) is 4.79 Å². The second-order valence-corrected chi connectivity index (χ2v) is 7.85. The molecular formula is C20H27FN2O. The molecule has 3 fully saturated rings. The molecule has 3 unspecified atom stereocenters. The van der Waals surface area contributed by atoms with Crippen molar-refractivity contribution in [2.75, 3.05) is 26.2 Å². The first-order valence-corrected chi connectivity index (χ1v) is 9.46. The van der Waals surface area contributed by atoms with Gasteiger partial charge in [0.05, 0.1) is 0 Å². The SMILES string of the molecule is O=C(NCCN1CC2CC(c3ccc(F)cc3)C2C1)C1CCCC1. The maximum Gasteiger partial charge on any atom is 0.223 e. The first-order valence-electron chi connectivity index (χ1n) is 9.46. The zero-order chi connectivity index (χ0) is 16.5. The number of hydrogen-bond acceptors (Lipinski definition) is 2. The number of nitrogens with zero attached hydrogens (tertiary/aromatic N) is 1. The third kappa shape index (κ3) is 3.21. The van der Waals surface area contributed by atoms with E-state index in [0.717, 1.165) is 44.9 Å². The first-order chi connectivity index (χ1) is 11.7. The minimum absolute atomic E-state index is 0.152. The van der Waals surface area contributed by atoms with E-state index in [-0.39, 0.29) is 17.6 Å². The van der Waals surface area contributed by atoms with Crippen LogP contribution in [0.2, 0.25) is 0 Å². The lowest BCUT2D eigenvalue weighted by molar-refractivity contribution is -0.124. The summed E-state index contributed by atoms with van der Waals surface area (Å²) in [7, 11) is 0. The zero-order valence-electron chi connectivity index (χ0n) is 14.2. The summed E-state index contributed by atoms with van der Waals surface area (Å²) in [4.78, 5) is 14.6. The summed E-state index contributed by atoms with van der Waals surface area (Å²) >= 11 is 0. The second kappa shape index (κ2) is 6.83. The van der Waals surface area contributed by atoms with Gasteiger partial charge in [-0.2, -0.15) is 0 Å². The molecule has 2 aliphatic carbocycles. The maximum atomic E-state index is 13.1. The Balaban J connectivity index is 1.22. The van der Waals surface area contributed by atoms with Gasteiger partial charge in [0.2, 0.25) is 5.91 Å². The number of fused-ring (bicyclic) bond motifs is 1. The van der Waals surface area contributed by atoms with Crippen LogP contribution in [-0.4, -0.2) is 37.0 Å². The number of carbonyl (C=O) groups excluding carboxylic acids is 1. The highest BCUT2D eigenvalue weighted by atomic mass is 19.1. The van der Waals surface area contributed by atoms with Crippen LogP contribution in [0.25, 0.3) is 0 Å². The van der Waals surface area contributed by atoms with Crippen molar-refractivity contribution in [2.45, 2.75) is 38.0 Å². The summed E-state index contributed by atoms with van der Waals surface area (Å²) in [5.74, 6) is 2.46. The number of halogens is 1.